The van der Waals surface area contributed by atoms with Gasteiger partial charge >= 0.3 is 0 Å². The molecule has 4 nitrogen and oxygen atoms in total. The quantitative estimate of drug-likeness (QED) is 0.747. The summed E-state index contributed by atoms with van der Waals surface area (Å²) in [6.45, 7) is 10.8. The second kappa shape index (κ2) is 8.32. The highest BCUT2D eigenvalue weighted by molar-refractivity contribution is 6.41. The molecule has 2 aliphatic rings. The Kier molecular flexibility index (Phi) is 6.19. The van der Waals surface area contributed by atoms with Crippen LogP contribution in [0.15, 0.2) is 28.2 Å². The Hall–Kier alpha value is -2.12. The van der Waals surface area contributed by atoms with Crippen molar-refractivity contribution in [1.82, 2.24) is 5.32 Å². The summed E-state index contributed by atoms with van der Waals surface area (Å²) in [6, 6.07) is 6.50. The van der Waals surface area contributed by atoms with Gasteiger partial charge in [-0.3, -0.25) is 4.99 Å². The van der Waals surface area contributed by atoms with Crippen LogP contribution < -0.4 is 5.32 Å². The Balaban J connectivity index is 2.16. The van der Waals surface area contributed by atoms with E-state index in [1.54, 1.807) is 0 Å². The Labute approximate surface area is 176 Å². The van der Waals surface area contributed by atoms with Gasteiger partial charge in [-0.25, -0.2) is 4.99 Å². The predicted octanol–water partition coefficient (Wildman–Crippen LogP) is 4.84. The summed E-state index contributed by atoms with van der Waals surface area (Å²) >= 11 is 0. The van der Waals surface area contributed by atoms with Gasteiger partial charge in [-0.2, -0.15) is 0 Å². The molecule has 1 aromatic carbocycles. The molecule has 1 aromatic rings. The summed E-state index contributed by atoms with van der Waals surface area (Å²) in [5, 5.41) is 3.26. The van der Waals surface area contributed by atoms with Crippen molar-refractivity contribution < 1.29 is 4.74 Å². The fourth-order valence-electron chi connectivity index (χ4n) is 4.63. The molecule has 29 heavy (non-hydrogen) atoms. The maximum absolute atomic E-state index is 5.64. The first kappa shape index (κ1) is 21.6. The minimum absolute atomic E-state index is 0.0727. The number of benzene rings is 1. The first-order valence-electron chi connectivity index (χ1n) is 10.7. The van der Waals surface area contributed by atoms with Crippen LogP contribution in [0.3, 0.4) is 0 Å². The van der Waals surface area contributed by atoms with Crippen molar-refractivity contribution in [2.75, 3.05) is 14.2 Å². The molecule has 1 saturated carbocycles. The summed E-state index contributed by atoms with van der Waals surface area (Å²) in [5.41, 5.74) is 3.71. The molecule has 1 aliphatic heterocycles. The third kappa shape index (κ3) is 3.98. The van der Waals surface area contributed by atoms with E-state index in [-0.39, 0.29) is 5.41 Å². The number of amidine groups is 1. The minimum Gasteiger partial charge on any atom is -0.381 e. The monoisotopic (exact) mass is 393 g/mol. The van der Waals surface area contributed by atoms with E-state index in [0.717, 1.165) is 42.8 Å². The molecule has 4 heteroatoms. The molecule has 1 aliphatic carbocycles. The number of hydrogen-bond donors (Lipinski definition) is 1. The number of aliphatic imine (C=N–C) groups is 2. The molecule has 0 amide bonds. The van der Waals surface area contributed by atoms with Crippen molar-refractivity contribution in [3.05, 3.63) is 34.9 Å². The van der Waals surface area contributed by atoms with Gasteiger partial charge in [0.15, 0.2) is 5.66 Å². The SMILES string of the molecule is CNC1=NC(c2cc(C#CC(C)C)ccc2C)(C2(C)CCC(OC)CC2)N=C1C. The van der Waals surface area contributed by atoms with Crippen LogP contribution in [0.5, 0.6) is 0 Å². The fraction of sp³-hybridized carbons (Fsp3) is 0.600. The molecule has 156 valence electrons. The fourth-order valence-corrected chi connectivity index (χ4v) is 4.63. The molecular formula is C25H35N3O. The van der Waals surface area contributed by atoms with Gasteiger partial charge in [-0.1, -0.05) is 38.7 Å². The lowest BCUT2D eigenvalue weighted by Crippen LogP contribution is -2.44. The van der Waals surface area contributed by atoms with Gasteiger partial charge in [0.05, 0.1) is 11.8 Å². The lowest BCUT2D eigenvalue weighted by molar-refractivity contribution is 0.00116. The lowest BCUT2D eigenvalue weighted by atomic mass is 9.63. The molecule has 1 heterocycles. The highest BCUT2D eigenvalue weighted by Crippen LogP contribution is 2.55. The van der Waals surface area contributed by atoms with Crippen molar-refractivity contribution in [2.24, 2.45) is 21.3 Å². The van der Waals surface area contributed by atoms with Crippen LogP contribution in [-0.2, 0) is 10.4 Å². The molecule has 0 radical (unpaired) electrons. The average molecular weight is 394 g/mol. The highest BCUT2D eigenvalue weighted by atomic mass is 16.5. The van der Waals surface area contributed by atoms with Crippen LogP contribution >= 0.6 is 0 Å². The number of methoxy groups -OCH3 is 1. The van der Waals surface area contributed by atoms with Crippen LogP contribution in [0.4, 0.5) is 0 Å². The third-order valence-electron chi connectivity index (χ3n) is 6.51. The molecule has 0 spiro atoms. The summed E-state index contributed by atoms with van der Waals surface area (Å²) in [5.74, 6) is 7.86. The molecule has 3 rings (SSSR count). The van der Waals surface area contributed by atoms with Gasteiger partial charge < -0.3 is 10.1 Å². The molecule has 0 saturated heterocycles. The second-order valence-corrected chi connectivity index (χ2v) is 9.03. The standard InChI is InChI=1S/C25H35N3O/c1-17(2)8-10-20-11-9-18(3)22(16-20)25(27-19(4)23(26-6)28-25)24(5)14-12-21(29-7)13-15-24/h9,11,16-17,21H,12-15H2,1-7H3,(H,26,28). The van der Waals surface area contributed by atoms with Crippen molar-refractivity contribution in [3.8, 4) is 11.8 Å². The number of hydrogen-bond acceptors (Lipinski definition) is 4. The van der Waals surface area contributed by atoms with Crippen molar-refractivity contribution >= 4 is 11.5 Å². The van der Waals surface area contributed by atoms with Gasteiger partial charge in [-0.05, 0) is 57.2 Å². The first-order valence-corrected chi connectivity index (χ1v) is 10.7. The van der Waals surface area contributed by atoms with E-state index in [9.17, 15) is 0 Å². The van der Waals surface area contributed by atoms with Gasteiger partial charge in [0, 0.05) is 36.6 Å². The van der Waals surface area contributed by atoms with Gasteiger partial charge in [0.1, 0.15) is 5.84 Å². The van der Waals surface area contributed by atoms with Crippen LogP contribution in [-0.4, -0.2) is 31.8 Å². The molecule has 1 atom stereocenters. The molecule has 1 N–H and O–H groups in total. The van der Waals surface area contributed by atoms with Crippen molar-refractivity contribution in [1.29, 1.82) is 0 Å². The normalized spacial score (nSPS) is 29.2. The van der Waals surface area contributed by atoms with Gasteiger partial charge in [0.2, 0.25) is 0 Å². The molecule has 1 unspecified atom stereocenters. The third-order valence-corrected chi connectivity index (χ3v) is 6.51. The van der Waals surface area contributed by atoms with E-state index < -0.39 is 5.66 Å². The molecule has 0 bridgehead atoms. The summed E-state index contributed by atoms with van der Waals surface area (Å²) in [4.78, 5) is 10.5. The summed E-state index contributed by atoms with van der Waals surface area (Å²) in [6.07, 6.45) is 4.48. The summed E-state index contributed by atoms with van der Waals surface area (Å²) in [7, 11) is 3.74. The zero-order chi connectivity index (χ0) is 21.2. The zero-order valence-corrected chi connectivity index (χ0v) is 19.0. The lowest BCUT2D eigenvalue weighted by Gasteiger charge is -2.47. The van der Waals surface area contributed by atoms with E-state index in [2.05, 4.69) is 70.0 Å². The van der Waals surface area contributed by atoms with Crippen LogP contribution in [0.2, 0.25) is 0 Å². The number of ether oxygens (including phenoxy) is 1. The maximum atomic E-state index is 5.64. The molecule has 0 aromatic heterocycles. The molecular weight excluding hydrogens is 358 g/mol. The number of rotatable bonds is 3. The van der Waals surface area contributed by atoms with Crippen LogP contribution in [0.25, 0.3) is 0 Å². The van der Waals surface area contributed by atoms with E-state index in [4.69, 9.17) is 14.7 Å². The molecule has 1 fully saturated rings. The highest BCUT2D eigenvalue weighted by Gasteiger charge is 2.54. The Bertz CT molecular complexity index is 879. The smallest absolute Gasteiger partial charge is 0.184 e. The van der Waals surface area contributed by atoms with Crippen LogP contribution in [0, 0.1) is 30.1 Å². The Morgan fingerprint density at radius 2 is 1.86 bits per heavy atom. The first-order chi connectivity index (χ1) is 13.7. The number of nitrogens with zero attached hydrogens (tertiary/aromatic N) is 2. The van der Waals surface area contributed by atoms with Crippen molar-refractivity contribution in [2.45, 2.75) is 72.1 Å². The van der Waals surface area contributed by atoms with Gasteiger partial charge in [0.25, 0.3) is 0 Å². The predicted molar refractivity (Wildman–Crippen MR) is 122 cm³/mol. The van der Waals surface area contributed by atoms with E-state index in [0.29, 0.717) is 12.0 Å². The minimum atomic E-state index is -0.617. The van der Waals surface area contributed by atoms with Crippen molar-refractivity contribution in [3.63, 3.8) is 0 Å². The topological polar surface area (TPSA) is 46.0 Å². The zero-order valence-electron chi connectivity index (χ0n) is 19.0. The summed E-state index contributed by atoms with van der Waals surface area (Å²) < 4.78 is 5.64. The largest absolute Gasteiger partial charge is 0.381 e. The van der Waals surface area contributed by atoms with E-state index in [1.807, 2.05) is 14.2 Å². The number of aryl methyl sites for hydroxylation is 1. The second-order valence-electron chi connectivity index (χ2n) is 9.03. The Morgan fingerprint density at radius 3 is 2.41 bits per heavy atom. The average Bonchev–Trinajstić information content (AvgIpc) is 3.06. The number of nitrogens with one attached hydrogen (secondary N) is 1. The van der Waals surface area contributed by atoms with Gasteiger partial charge in [-0.15, -0.1) is 0 Å². The van der Waals surface area contributed by atoms with E-state index >= 15 is 0 Å². The van der Waals surface area contributed by atoms with Crippen LogP contribution in [0.1, 0.15) is 70.1 Å². The Morgan fingerprint density at radius 1 is 1.17 bits per heavy atom. The maximum Gasteiger partial charge on any atom is 0.184 e. The van der Waals surface area contributed by atoms with E-state index in [1.165, 1.54) is 11.1 Å².